The van der Waals surface area contributed by atoms with E-state index in [1.54, 1.807) is 0 Å². The lowest BCUT2D eigenvalue weighted by Gasteiger charge is -2.40. The molecule has 1 aromatic rings. The first-order chi connectivity index (χ1) is 19.2. The topological polar surface area (TPSA) is 38.8 Å². The number of hydrogen-bond donors (Lipinski definition) is 0. The van der Waals surface area contributed by atoms with Gasteiger partial charge in [0.2, 0.25) is 0 Å². The van der Waals surface area contributed by atoms with Crippen LogP contribution in [0.3, 0.4) is 0 Å². The minimum atomic E-state index is -0.540. The number of unbranched alkanes of at least 4 members (excludes halogenated alkanes) is 2. The van der Waals surface area contributed by atoms with E-state index >= 15 is 0 Å². The van der Waals surface area contributed by atoms with Gasteiger partial charge >= 0.3 is 5.97 Å². The van der Waals surface area contributed by atoms with E-state index in [0.29, 0.717) is 5.92 Å². The maximum Gasteiger partial charge on any atom is 0.316 e. The van der Waals surface area contributed by atoms with E-state index in [0.717, 1.165) is 80.3 Å². The lowest BCUT2D eigenvalue weighted by atomic mass is 9.81. The molecule has 1 fully saturated rings. The number of carbonyl (C=O) groups is 1. The Morgan fingerprint density at radius 3 is 2.49 bits per heavy atom. The molecule has 1 aromatic carbocycles. The summed E-state index contributed by atoms with van der Waals surface area (Å²) in [6.45, 7) is 16.5. The molecule has 4 nitrogen and oxygen atoms in total. The average Bonchev–Trinajstić information content (AvgIpc) is 3.46. The minimum absolute atomic E-state index is 0. The van der Waals surface area contributed by atoms with Crippen molar-refractivity contribution in [2.75, 3.05) is 31.1 Å². The molecule has 41 heavy (non-hydrogen) atoms. The monoisotopic (exact) mass is 605 g/mol. The van der Waals surface area contributed by atoms with Crippen LogP contribution in [0.1, 0.15) is 123 Å². The van der Waals surface area contributed by atoms with Crippen LogP contribution >= 0.6 is 24.2 Å². The van der Waals surface area contributed by atoms with Crippen LogP contribution in [0.4, 0.5) is 0 Å². The summed E-state index contributed by atoms with van der Waals surface area (Å²) in [5, 5.41) is 0. The fourth-order valence-corrected chi connectivity index (χ4v) is 7.93. The van der Waals surface area contributed by atoms with E-state index < -0.39 is 5.41 Å². The Bertz CT molecular complexity index is 1040. The number of benzene rings is 1. The zero-order valence-corrected chi connectivity index (χ0v) is 28.4. The van der Waals surface area contributed by atoms with Crippen molar-refractivity contribution >= 4 is 35.7 Å². The Kier molecular flexibility index (Phi) is 13.0. The molecule has 3 aliphatic heterocycles. The van der Waals surface area contributed by atoms with Gasteiger partial charge in [-0.15, -0.1) is 12.4 Å². The summed E-state index contributed by atoms with van der Waals surface area (Å²) in [4.78, 5) is 16.3. The van der Waals surface area contributed by atoms with Gasteiger partial charge in [0.05, 0.1) is 11.0 Å². The lowest BCUT2D eigenvalue weighted by Crippen LogP contribution is -2.40. The van der Waals surface area contributed by atoms with Crippen molar-refractivity contribution < 1.29 is 14.3 Å². The molecular weight excluding hydrogens is 550 g/mol. The Labute approximate surface area is 261 Å². The SMILES string of the molecule is CCCCCC(C)CCc1cc(OC(=O)C(C)(C)CCN2CCCCC2)c2c(c1)OC(CC)(CC)C1=C2CSC1.Cl. The van der Waals surface area contributed by atoms with E-state index in [2.05, 4.69) is 58.6 Å². The maximum atomic E-state index is 13.7. The second-order valence-corrected chi connectivity index (χ2v) is 14.3. The molecule has 0 N–H and O–H groups in total. The van der Waals surface area contributed by atoms with Gasteiger partial charge in [-0.25, -0.2) is 0 Å². The predicted octanol–water partition coefficient (Wildman–Crippen LogP) is 9.52. The highest BCUT2D eigenvalue weighted by atomic mass is 35.5. The van der Waals surface area contributed by atoms with Gasteiger partial charge in [0.15, 0.2) is 0 Å². The van der Waals surface area contributed by atoms with Crippen LogP contribution in [-0.2, 0) is 11.2 Å². The minimum Gasteiger partial charge on any atom is -0.482 e. The molecule has 0 radical (unpaired) electrons. The molecule has 0 saturated carbocycles. The molecule has 0 spiro atoms. The van der Waals surface area contributed by atoms with Gasteiger partial charge in [0.1, 0.15) is 17.1 Å². The van der Waals surface area contributed by atoms with Crippen molar-refractivity contribution in [1.82, 2.24) is 4.90 Å². The van der Waals surface area contributed by atoms with Crippen LogP contribution in [0.5, 0.6) is 11.5 Å². The van der Waals surface area contributed by atoms with E-state index in [4.69, 9.17) is 9.47 Å². The van der Waals surface area contributed by atoms with Crippen molar-refractivity contribution in [3.05, 3.63) is 28.8 Å². The van der Waals surface area contributed by atoms with Crippen molar-refractivity contribution in [2.45, 2.75) is 124 Å². The van der Waals surface area contributed by atoms with Gasteiger partial charge in [0, 0.05) is 11.5 Å². The highest BCUT2D eigenvalue weighted by Gasteiger charge is 2.44. The summed E-state index contributed by atoms with van der Waals surface area (Å²) in [6, 6.07) is 4.43. The van der Waals surface area contributed by atoms with Crippen LogP contribution in [0.25, 0.3) is 5.57 Å². The third-order valence-electron chi connectivity index (χ3n) is 9.77. The number of esters is 1. The van der Waals surface area contributed by atoms with Crippen LogP contribution < -0.4 is 9.47 Å². The highest BCUT2D eigenvalue weighted by Crippen LogP contribution is 2.53. The normalized spacial score (nSPS) is 19.2. The first-order valence-electron chi connectivity index (χ1n) is 16.3. The second-order valence-electron chi connectivity index (χ2n) is 13.3. The van der Waals surface area contributed by atoms with Crippen LogP contribution in [0, 0.1) is 11.3 Å². The standard InChI is InChI=1S/C35H55NO3S.ClH/c1-7-10-12-15-26(4)16-17-27-22-30(38-33(37)34(5,6)18-21-36-19-13-11-14-20-36)32-28-24-40-25-29(28)35(8-2,9-3)39-31(32)23-27;/h22-23,26H,7-21,24-25H2,1-6H3;1H. The molecule has 0 aromatic heterocycles. The van der Waals surface area contributed by atoms with Gasteiger partial charge in [-0.1, -0.05) is 59.8 Å². The number of hydrogen-bond acceptors (Lipinski definition) is 5. The molecule has 0 amide bonds. The summed E-state index contributed by atoms with van der Waals surface area (Å²) in [5.74, 6) is 4.18. The molecule has 0 bridgehead atoms. The number of ether oxygens (including phenoxy) is 2. The second kappa shape index (κ2) is 15.5. The van der Waals surface area contributed by atoms with Gasteiger partial charge in [-0.3, -0.25) is 4.79 Å². The molecule has 1 saturated heterocycles. The fraction of sp³-hybridized carbons (Fsp3) is 0.743. The summed E-state index contributed by atoms with van der Waals surface area (Å²) in [5.41, 5.74) is 4.25. The number of rotatable bonds is 14. The van der Waals surface area contributed by atoms with Gasteiger partial charge in [-0.2, -0.15) is 11.8 Å². The van der Waals surface area contributed by atoms with E-state index in [1.807, 2.05) is 11.8 Å². The summed E-state index contributed by atoms with van der Waals surface area (Å²) >= 11 is 1.96. The number of aryl methyl sites for hydroxylation is 1. The van der Waals surface area contributed by atoms with Crippen molar-refractivity contribution in [1.29, 1.82) is 0 Å². The number of nitrogens with zero attached hydrogens (tertiary/aromatic N) is 1. The van der Waals surface area contributed by atoms with Gasteiger partial charge in [0.25, 0.3) is 0 Å². The molecule has 3 heterocycles. The molecule has 1 atom stereocenters. The molecule has 6 heteroatoms. The number of carbonyl (C=O) groups excluding carboxylic acids is 1. The van der Waals surface area contributed by atoms with E-state index in [9.17, 15) is 4.79 Å². The molecular formula is C35H56ClNO3S. The summed E-state index contributed by atoms with van der Waals surface area (Å²) < 4.78 is 13.3. The summed E-state index contributed by atoms with van der Waals surface area (Å²) in [7, 11) is 0. The van der Waals surface area contributed by atoms with Crippen molar-refractivity contribution in [2.24, 2.45) is 11.3 Å². The maximum absolute atomic E-state index is 13.7. The van der Waals surface area contributed by atoms with Crippen LogP contribution in [0.2, 0.25) is 0 Å². The summed E-state index contributed by atoms with van der Waals surface area (Å²) in [6.07, 6.45) is 13.9. The Hall–Kier alpha value is -1.17. The first-order valence-corrected chi connectivity index (χ1v) is 17.5. The molecule has 3 aliphatic rings. The van der Waals surface area contributed by atoms with Crippen molar-refractivity contribution in [3.63, 3.8) is 0 Å². The highest BCUT2D eigenvalue weighted by molar-refractivity contribution is 8.00. The number of piperidine rings is 1. The van der Waals surface area contributed by atoms with Crippen molar-refractivity contribution in [3.8, 4) is 11.5 Å². The Morgan fingerprint density at radius 1 is 1.07 bits per heavy atom. The molecule has 232 valence electrons. The molecule has 1 unspecified atom stereocenters. The number of halogens is 1. The zero-order valence-electron chi connectivity index (χ0n) is 26.7. The number of thioether (sulfide) groups is 1. The number of fused-ring (bicyclic) bond motifs is 2. The van der Waals surface area contributed by atoms with E-state index in [-0.39, 0.29) is 24.0 Å². The smallest absolute Gasteiger partial charge is 0.316 e. The van der Waals surface area contributed by atoms with Crippen LogP contribution in [0.15, 0.2) is 17.7 Å². The van der Waals surface area contributed by atoms with Gasteiger partial charge in [-0.05, 0) is 113 Å². The van der Waals surface area contributed by atoms with E-state index in [1.165, 1.54) is 61.7 Å². The quantitative estimate of drug-likeness (QED) is 0.120. The van der Waals surface area contributed by atoms with Crippen LogP contribution in [-0.4, -0.2) is 47.6 Å². The predicted molar refractivity (Wildman–Crippen MR) is 178 cm³/mol. The lowest BCUT2D eigenvalue weighted by molar-refractivity contribution is -0.144. The third kappa shape index (κ3) is 8.26. The first kappa shape index (κ1) is 34.3. The molecule has 4 rings (SSSR count). The fourth-order valence-electron chi connectivity index (χ4n) is 6.66. The Morgan fingerprint density at radius 2 is 1.80 bits per heavy atom. The molecule has 0 aliphatic carbocycles. The average molecular weight is 606 g/mol. The number of likely N-dealkylation sites (tertiary alicyclic amines) is 1. The zero-order chi connectivity index (χ0) is 28.8. The Balaban J connectivity index is 0.00000462. The third-order valence-corrected chi connectivity index (χ3v) is 10.8. The largest absolute Gasteiger partial charge is 0.482 e. The van der Waals surface area contributed by atoms with Gasteiger partial charge < -0.3 is 14.4 Å².